The van der Waals surface area contributed by atoms with Gasteiger partial charge >= 0.3 is 0 Å². The molecule has 2 aromatic rings. The molecule has 0 heterocycles. The Hall–Kier alpha value is -0.440. The van der Waals surface area contributed by atoms with Gasteiger partial charge in [0.2, 0.25) is 0 Å². The number of nitrogens with one attached hydrogen (secondary N) is 1. The predicted octanol–water partition coefficient (Wildman–Crippen LogP) is 6.64. The Labute approximate surface area is 145 Å². The molecule has 21 heavy (non-hydrogen) atoms. The van der Waals surface area contributed by atoms with E-state index in [1.807, 2.05) is 12.1 Å². The first-order valence-corrected chi connectivity index (χ1v) is 8.13. The summed E-state index contributed by atoms with van der Waals surface area (Å²) in [6.45, 7) is 5.09. The van der Waals surface area contributed by atoms with Crippen LogP contribution in [0.1, 0.15) is 25.5 Å². The van der Waals surface area contributed by atoms with Gasteiger partial charge in [-0.1, -0.05) is 71.5 Å². The lowest BCUT2D eigenvalue weighted by Crippen LogP contribution is -2.17. The molecule has 0 bridgehead atoms. The SMILES string of the molecule is CCNC(C)c1cccc(-c2c(Cl)cc(Cl)c(Cl)c2Cl)c1. The molecule has 0 saturated carbocycles. The minimum Gasteiger partial charge on any atom is -0.310 e. The Morgan fingerprint density at radius 3 is 2.38 bits per heavy atom. The zero-order valence-corrected chi connectivity index (χ0v) is 14.7. The van der Waals surface area contributed by atoms with Crippen LogP contribution in [-0.2, 0) is 0 Å². The lowest BCUT2D eigenvalue weighted by atomic mass is 10.00. The van der Waals surface area contributed by atoms with E-state index in [0.717, 1.165) is 17.7 Å². The third-order valence-electron chi connectivity index (χ3n) is 3.30. The first-order valence-electron chi connectivity index (χ1n) is 6.62. The highest BCUT2D eigenvalue weighted by Gasteiger charge is 2.16. The van der Waals surface area contributed by atoms with Gasteiger partial charge in [0.25, 0.3) is 0 Å². The molecule has 0 saturated heterocycles. The van der Waals surface area contributed by atoms with Crippen LogP contribution in [-0.4, -0.2) is 6.54 Å². The first kappa shape index (κ1) is 16.9. The smallest absolute Gasteiger partial charge is 0.0785 e. The molecule has 1 N–H and O–H groups in total. The molecule has 1 atom stereocenters. The van der Waals surface area contributed by atoms with Crippen LogP contribution in [0.5, 0.6) is 0 Å². The molecule has 1 nitrogen and oxygen atoms in total. The molecule has 0 aliphatic heterocycles. The second-order valence-electron chi connectivity index (χ2n) is 4.75. The highest BCUT2D eigenvalue weighted by atomic mass is 35.5. The summed E-state index contributed by atoms with van der Waals surface area (Å²) in [5.41, 5.74) is 2.79. The van der Waals surface area contributed by atoms with Gasteiger partial charge in [-0.15, -0.1) is 0 Å². The molecule has 0 aromatic heterocycles. The molecule has 0 fully saturated rings. The van der Waals surface area contributed by atoms with Crippen molar-refractivity contribution in [3.63, 3.8) is 0 Å². The molecule has 112 valence electrons. The van der Waals surface area contributed by atoms with Crippen LogP contribution in [0.4, 0.5) is 0 Å². The highest BCUT2D eigenvalue weighted by molar-refractivity contribution is 6.51. The van der Waals surface area contributed by atoms with Crippen molar-refractivity contribution in [3.05, 3.63) is 56.0 Å². The quantitative estimate of drug-likeness (QED) is 0.474. The van der Waals surface area contributed by atoms with E-state index in [1.54, 1.807) is 6.07 Å². The van der Waals surface area contributed by atoms with Gasteiger partial charge in [0, 0.05) is 11.6 Å². The van der Waals surface area contributed by atoms with Crippen molar-refractivity contribution in [2.75, 3.05) is 6.54 Å². The van der Waals surface area contributed by atoms with E-state index < -0.39 is 0 Å². The molecule has 0 spiro atoms. The average molecular weight is 363 g/mol. The minimum absolute atomic E-state index is 0.246. The second-order valence-corrected chi connectivity index (χ2v) is 6.32. The normalized spacial score (nSPS) is 12.5. The molecule has 0 aliphatic carbocycles. The molecule has 1 unspecified atom stereocenters. The summed E-state index contributed by atoms with van der Waals surface area (Å²) in [6, 6.07) is 9.93. The van der Waals surface area contributed by atoms with Gasteiger partial charge in [-0.3, -0.25) is 0 Å². The molecule has 2 aromatic carbocycles. The third kappa shape index (κ3) is 3.67. The van der Waals surface area contributed by atoms with Gasteiger partial charge in [0.05, 0.1) is 20.1 Å². The topological polar surface area (TPSA) is 12.0 Å². The van der Waals surface area contributed by atoms with Crippen molar-refractivity contribution < 1.29 is 0 Å². The number of halogens is 4. The van der Waals surface area contributed by atoms with E-state index in [-0.39, 0.29) is 6.04 Å². The van der Waals surface area contributed by atoms with Crippen molar-refractivity contribution in [3.8, 4) is 11.1 Å². The van der Waals surface area contributed by atoms with Crippen LogP contribution in [0.3, 0.4) is 0 Å². The van der Waals surface area contributed by atoms with Crippen LogP contribution in [0.15, 0.2) is 30.3 Å². The summed E-state index contributed by atoms with van der Waals surface area (Å²) in [5, 5.41) is 4.92. The fourth-order valence-electron chi connectivity index (χ4n) is 2.22. The summed E-state index contributed by atoms with van der Waals surface area (Å²) in [5.74, 6) is 0. The van der Waals surface area contributed by atoms with E-state index in [0.29, 0.717) is 25.7 Å². The summed E-state index contributed by atoms with van der Waals surface area (Å²) in [6.07, 6.45) is 0. The molecule has 0 amide bonds. The number of hydrogen-bond acceptors (Lipinski definition) is 1. The van der Waals surface area contributed by atoms with Crippen molar-refractivity contribution in [2.45, 2.75) is 19.9 Å². The van der Waals surface area contributed by atoms with Crippen LogP contribution in [0.25, 0.3) is 11.1 Å². The van der Waals surface area contributed by atoms with Crippen molar-refractivity contribution >= 4 is 46.4 Å². The van der Waals surface area contributed by atoms with Gasteiger partial charge in [0.15, 0.2) is 0 Å². The molecule has 2 rings (SSSR count). The maximum absolute atomic E-state index is 6.31. The van der Waals surface area contributed by atoms with Crippen LogP contribution < -0.4 is 5.32 Å². The largest absolute Gasteiger partial charge is 0.310 e. The molecule has 0 radical (unpaired) electrons. The molecule has 5 heteroatoms. The van der Waals surface area contributed by atoms with E-state index in [1.165, 1.54) is 0 Å². The van der Waals surface area contributed by atoms with Crippen molar-refractivity contribution in [2.24, 2.45) is 0 Å². The Kier molecular flexibility index (Phi) is 5.81. The number of benzene rings is 2. The Balaban J connectivity index is 2.53. The lowest BCUT2D eigenvalue weighted by molar-refractivity contribution is 0.598. The molecular formula is C16H15Cl4N. The fraction of sp³-hybridized carbons (Fsp3) is 0.250. The monoisotopic (exact) mass is 361 g/mol. The second kappa shape index (κ2) is 7.21. The van der Waals surface area contributed by atoms with E-state index >= 15 is 0 Å². The van der Waals surface area contributed by atoms with E-state index in [4.69, 9.17) is 46.4 Å². The Morgan fingerprint density at radius 1 is 1.00 bits per heavy atom. The van der Waals surface area contributed by atoms with Gasteiger partial charge in [-0.25, -0.2) is 0 Å². The molecule has 0 aliphatic rings. The summed E-state index contributed by atoms with van der Waals surface area (Å²) >= 11 is 24.7. The zero-order valence-electron chi connectivity index (χ0n) is 11.7. The minimum atomic E-state index is 0.246. The van der Waals surface area contributed by atoms with Crippen molar-refractivity contribution in [1.82, 2.24) is 5.32 Å². The molecular weight excluding hydrogens is 348 g/mol. The maximum Gasteiger partial charge on any atom is 0.0785 e. The van der Waals surface area contributed by atoms with E-state index in [2.05, 4.69) is 31.3 Å². The number of rotatable bonds is 4. The Bertz CT molecular complexity index is 655. The standard InChI is InChI=1S/C16H15Cl4N/c1-3-21-9(2)10-5-4-6-11(7-10)14-12(17)8-13(18)15(19)16(14)20/h4-9,21H,3H2,1-2H3. The summed E-state index contributed by atoms with van der Waals surface area (Å²) in [4.78, 5) is 0. The van der Waals surface area contributed by atoms with Crippen LogP contribution >= 0.6 is 46.4 Å². The highest BCUT2D eigenvalue weighted by Crippen LogP contribution is 2.43. The zero-order chi connectivity index (χ0) is 15.6. The lowest BCUT2D eigenvalue weighted by Gasteiger charge is -2.15. The van der Waals surface area contributed by atoms with Crippen molar-refractivity contribution in [1.29, 1.82) is 0 Å². The first-order chi connectivity index (χ1) is 9.95. The van der Waals surface area contributed by atoms with Gasteiger partial charge in [-0.2, -0.15) is 0 Å². The fourth-order valence-corrected chi connectivity index (χ4v) is 3.35. The van der Waals surface area contributed by atoms with Crippen LogP contribution in [0.2, 0.25) is 20.1 Å². The van der Waals surface area contributed by atoms with Crippen LogP contribution in [0, 0.1) is 0 Å². The summed E-state index contributed by atoms with van der Waals surface area (Å²) < 4.78 is 0. The van der Waals surface area contributed by atoms with Gasteiger partial charge in [-0.05, 0) is 36.7 Å². The van der Waals surface area contributed by atoms with Gasteiger partial charge < -0.3 is 5.32 Å². The van der Waals surface area contributed by atoms with E-state index in [9.17, 15) is 0 Å². The number of hydrogen-bond donors (Lipinski definition) is 1. The summed E-state index contributed by atoms with van der Waals surface area (Å²) in [7, 11) is 0. The average Bonchev–Trinajstić information content (AvgIpc) is 2.45. The van der Waals surface area contributed by atoms with Gasteiger partial charge in [0.1, 0.15) is 0 Å². The maximum atomic E-state index is 6.31. The Morgan fingerprint density at radius 2 is 1.71 bits per heavy atom. The third-order valence-corrected chi connectivity index (χ3v) is 4.86. The predicted molar refractivity (Wildman–Crippen MR) is 94.0 cm³/mol.